The molecule has 0 radical (unpaired) electrons. The zero-order valence-electron chi connectivity index (χ0n) is 13.5. The molecular formula is C22H16INO. The minimum absolute atomic E-state index is 0.541. The summed E-state index contributed by atoms with van der Waals surface area (Å²) in [6.07, 6.45) is 1.89. The molecule has 25 heavy (non-hydrogen) atoms. The Kier molecular flexibility index (Phi) is 5.86. The summed E-state index contributed by atoms with van der Waals surface area (Å²) in [7, 11) is 0. The fraction of sp³-hybridized carbons (Fsp3) is 0.0455. The maximum Gasteiger partial charge on any atom is 0.119 e. The zero-order valence-corrected chi connectivity index (χ0v) is 15.7. The van der Waals surface area contributed by atoms with Gasteiger partial charge in [-0.25, -0.2) is 0 Å². The summed E-state index contributed by atoms with van der Waals surface area (Å²) in [5.41, 5.74) is 3.68. The van der Waals surface area contributed by atoms with E-state index in [1.54, 1.807) is 0 Å². The highest BCUT2D eigenvalue weighted by molar-refractivity contribution is 14.1. The third kappa shape index (κ3) is 4.94. The van der Waals surface area contributed by atoms with Gasteiger partial charge in [-0.3, -0.25) is 0 Å². The number of benzene rings is 3. The Hall–Kier alpha value is -2.58. The van der Waals surface area contributed by atoms with Crippen LogP contribution in [0.2, 0.25) is 0 Å². The van der Waals surface area contributed by atoms with E-state index in [1.165, 1.54) is 3.57 Å². The van der Waals surface area contributed by atoms with E-state index in [2.05, 4.69) is 52.9 Å². The first-order valence-corrected chi connectivity index (χ1v) is 8.97. The van der Waals surface area contributed by atoms with E-state index >= 15 is 0 Å². The second kappa shape index (κ2) is 8.50. The van der Waals surface area contributed by atoms with Gasteiger partial charge in [-0.1, -0.05) is 54.6 Å². The summed E-state index contributed by atoms with van der Waals surface area (Å²) in [5, 5.41) is 9.38. The van der Waals surface area contributed by atoms with Crippen molar-refractivity contribution in [3.63, 3.8) is 0 Å². The minimum atomic E-state index is 0.541. The quantitative estimate of drug-likeness (QED) is 0.282. The SMILES string of the molecule is N#C/C(=C\c1ccc(OCc2ccc(I)cc2)cc1)c1ccccc1. The van der Waals surface area contributed by atoms with E-state index in [0.29, 0.717) is 12.2 Å². The van der Waals surface area contributed by atoms with Crippen LogP contribution in [0.5, 0.6) is 5.75 Å². The minimum Gasteiger partial charge on any atom is -0.489 e. The summed E-state index contributed by atoms with van der Waals surface area (Å²) in [6.45, 7) is 0.541. The highest BCUT2D eigenvalue weighted by atomic mass is 127. The summed E-state index contributed by atoms with van der Waals surface area (Å²) in [4.78, 5) is 0. The van der Waals surface area contributed by atoms with Gasteiger partial charge in [-0.15, -0.1) is 0 Å². The molecule has 3 aromatic rings. The van der Waals surface area contributed by atoms with Crippen molar-refractivity contribution < 1.29 is 4.74 Å². The van der Waals surface area contributed by atoms with Gasteiger partial charge in [0.25, 0.3) is 0 Å². The molecule has 0 heterocycles. The van der Waals surface area contributed by atoms with Gasteiger partial charge in [0, 0.05) is 3.57 Å². The van der Waals surface area contributed by atoms with Crippen LogP contribution in [0.1, 0.15) is 16.7 Å². The summed E-state index contributed by atoms with van der Waals surface area (Å²) < 4.78 is 7.03. The lowest BCUT2D eigenvalue weighted by atomic mass is 10.0. The topological polar surface area (TPSA) is 33.0 Å². The predicted molar refractivity (Wildman–Crippen MR) is 110 cm³/mol. The third-order valence-corrected chi connectivity index (χ3v) is 4.43. The normalized spacial score (nSPS) is 11.0. The average Bonchev–Trinajstić information content (AvgIpc) is 2.67. The molecule has 3 aromatic carbocycles. The van der Waals surface area contributed by atoms with E-state index < -0.39 is 0 Å². The highest BCUT2D eigenvalue weighted by Crippen LogP contribution is 2.20. The number of ether oxygens (including phenoxy) is 1. The van der Waals surface area contributed by atoms with Crippen molar-refractivity contribution in [2.75, 3.05) is 0 Å². The molecule has 0 N–H and O–H groups in total. The third-order valence-electron chi connectivity index (χ3n) is 3.72. The van der Waals surface area contributed by atoms with Crippen LogP contribution in [0.25, 0.3) is 11.6 Å². The number of hydrogen-bond donors (Lipinski definition) is 0. The van der Waals surface area contributed by atoms with Crippen molar-refractivity contribution in [1.29, 1.82) is 5.26 Å². The number of rotatable bonds is 5. The van der Waals surface area contributed by atoms with E-state index in [4.69, 9.17) is 4.74 Å². The largest absolute Gasteiger partial charge is 0.489 e. The molecule has 0 aliphatic carbocycles. The number of nitrogens with zero attached hydrogens (tertiary/aromatic N) is 1. The molecule has 3 heteroatoms. The van der Waals surface area contributed by atoms with Crippen LogP contribution in [0, 0.1) is 14.9 Å². The van der Waals surface area contributed by atoms with Crippen molar-refractivity contribution in [2.24, 2.45) is 0 Å². The molecular weight excluding hydrogens is 421 g/mol. The Bertz CT molecular complexity index is 892. The molecule has 0 amide bonds. The lowest BCUT2D eigenvalue weighted by Gasteiger charge is -2.07. The monoisotopic (exact) mass is 437 g/mol. The molecule has 0 aromatic heterocycles. The van der Waals surface area contributed by atoms with Gasteiger partial charge in [-0.2, -0.15) is 5.26 Å². The molecule has 3 rings (SSSR count). The molecule has 0 saturated carbocycles. The van der Waals surface area contributed by atoms with E-state index in [-0.39, 0.29) is 0 Å². The van der Waals surface area contributed by atoms with Crippen molar-refractivity contribution >= 4 is 34.2 Å². The second-order valence-corrected chi connectivity index (χ2v) is 6.77. The number of halogens is 1. The first kappa shape index (κ1) is 17.2. The fourth-order valence-electron chi connectivity index (χ4n) is 2.37. The molecule has 122 valence electrons. The zero-order chi connectivity index (χ0) is 17.5. The number of hydrogen-bond acceptors (Lipinski definition) is 2. The Morgan fingerprint density at radius 1 is 0.920 bits per heavy atom. The molecule has 0 spiro atoms. The molecule has 0 unspecified atom stereocenters. The molecule has 2 nitrogen and oxygen atoms in total. The van der Waals surface area contributed by atoms with Crippen molar-refractivity contribution in [3.05, 3.63) is 99.1 Å². The van der Waals surface area contributed by atoms with Gasteiger partial charge in [0.15, 0.2) is 0 Å². The molecule has 0 fully saturated rings. The molecule has 0 bridgehead atoms. The van der Waals surface area contributed by atoms with Gasteiger partial charge < -0.3 is 4.74 Å². The molecule has 0 saturated heterocycles. The van der Waals surface area contributed by atoms with Crippen LogP contribution in [-0.2, 0) is 6.61 Å². The smallest absolute Gasteiger partial charge is 0.119 e. The van der Waals surface area contributed by atoms with Crippen LogP contribution >= 0.6 is 22.6 Å². The summed E-state index contributed by atoms with van der Waals surface area (Å²) in [6, 6.07) is 28.0. The predicted octanol–water partition coefficient (Wildman–Crippen LogP) is 5.93. The van der Waals surface area contributed by atoms with Gasteiger partial charge in [0.1, 0.15) is 12.4 Å². The van der Waals surface area contributed by atoms with Crippen molar-refractivity contribution in [2.45, 2.75) is 6.61 Å². The van der Waals surface area contributed by atoms with Crippen LogP contribution in [-0.4, -0.2) is 0 Å². The average molecular weight is 437 g/mol. The number of allylic oxidation sites excluding steroid dienone is 1. The maximum atomic E-state index is 9.38. The van der Waals surface area contributed by atoms with Gasteiger partial charge in [0.05, 0.1) is 11.6 Å². The van der Waals surface area contributed by atoms with Crippen LogP contribution in [0.15, 0.2) is 78.9 Å². The Morgan fingerprint density at radius 3 is 2.24 bits per heavy atom. The van der Waals surface area contributed by atoms with Crippen molar-refractivity contribution in [1.82, 2.24) is 0 Å². The van der Waals surface area contributed by atoms with Gasteiger partial charge >= 0.3 is 0 Å². The van der Waals surface area contributed by atoms with Gasteiger partial charge in [0.2, 0.25) is 0 Å². The standard InChI is InChI=1S/C22H16INO/c23-21-10-6-18(7-11-21)16-25-22-12-8-17(9-13-22)14-20(15-24)19-4-2-1-3-5-19/h1-14H,16H2/b20-14+. The van der Waals surface area contributed by atoms with Crippen LogP contribution in [0.4, 0.5) is 0 Å². The van der Waals surface area contributed by atoms with Gasteiger partial charge in [-0.05, 0) is 69.6 Å². The lowest BCUT2D eigenvalue weighted by Crippen LogP contribution is -1.95. The Labute approximate surface area is 161 Å². The summed E-state index contributed by atoms with van der Waals surface area (Å²) >= 11 is 2.29. The van der Waals surface area contributed by atoms with E-state index in [9.17, 15) is 5.26 Å². The Morgan fingerprint density at radius 2 is 1.60 bits per heavy atom. The highest BCUT2D eigenvalue weighted by Gasteiger charge is 2.01. The molecule has 0 atom stereocenters. The van der Waals surface area contributed by atoms with E-state index in [1.807, 2.05) is 60.7 Å². The maximum absolute atomic E-state index is 9.38. The fourth-order valence-corrected chi connectivity index (χ4v) is 2.73. The van der Waals surface area contributed by atoms with E-state index in [0.717, 1.165) is 22.4 Å². The first-order valence-electron chi connectivity index (χ1n) is 7.89. The molecule has 0 aliphatic rings. The van der Waals surface area contributed by atoms with Crippen LogP contribution < -0.4 is 4.74 Å². The Balaban J connectivity index is 1.68. The summed E-state index contributed by atoms with van der Waals surface area (Å²) in [5.74, 6) is 0.814. The molecule has 0 aliphatic heterocycles. The first-order chi connectivity index (χ1) is 12.2. The van der Waals surface area contributed by atoms with Crippen molar-refractivity contribution in [3.8, 4) is 11.8 Å². The second-order valence-electron chi connectivity index (χ2n) is 5.52. The number of nitriles is 1. The lowest BCUT2D eigenvalue weighted by molar-refractivity contribution is 0.306. The van der Waals surface area contributed by atoms with Crippen LogP contribution in [0.3, 0.4) is 0 Å².